The number of ether oxygens (including phenoxy) is 2. The van der Waals surface area contributed by atoms with E-state index in [0.29, 0.717) is 19.6 Å². The molecule has 0 saturated carbocycles. The fourth-order valence-corrected chi connectivity index (χ4v) is 1.52. The van der Waals surface area contributed by atoms with Gasteiger partial charge in [-0.2, -0.15) is 0 Å². The van der Waals surface area contributed by atoms with Gasteiger partial charge in [-0.05, 0) is 12.1 Å². The molecule has 16 heavy (non-hydrogen) atoms. The lowest BCUT2D eigenvalue weighted by Gasteiger charge is -2.11. The highest BCUT2D eigenvalue weighted by Crippen LogP contribution is 2.29. The summed E-state index contributed by atoms with van der Waals surface area (Å²) in [7, 11) is 0. The SMILES string of the molecule is O=[N+]([O-])c1cc(F)ccc1O[C@@H]1CCOC1. The molecule has 1 aromatic carbocycles. The summed E-state index contributed by atoms with van der Waals surface area (Å²) in [4.78, 5) is 10.0. The van der Waals surface area contributed by atoms with Crippen LogP contribution in [0.5, 0.6) is 5.75 Å². The van der Waals surface area contributed by atoms with E-state index in [0.717, 1.165) is 12.1 Å². The molecule has 1 aliphatic rings. The van der Waals surface area contributed by atoms with Gasteiger partial charge in [0, 0.05) is 6.42 Å². The Hall–Kier alpha value is -1.69. The van der Waals surface area contributed by atoms with Crippen LogP contribution >= 0.6 is 0 Å². The molecule has 1 fully saturated rings. The molecule has 1 saturated heterocycles. The van der Waals surface area contributed by atoms with Crippen molar-refractivity contribution in [3.63, 3.8) is 0 Å². The Labute approximate surface area is 90.9 Å². The van der Waals surface area contributed by atoms with Gasteiger partial charge in [-0.3, -0.25) is 10.1 Å². The van der Waals surface area contributed by atoms with Crippen LogP contribution in [-0.4, -0.2) is 24.2 Å². The summed E-state index contributed by atoms with van der Waals surface area (Å²) in [6.45, 7) is 0.994. The van der Waals surface area contributed by atoms with Crippen molar-refractivity contribution in [2.45, 2.75) is 12.5 Å². The molecular weight excluding hydrogens is 217 g/mol. The summed E-state index contributed by atoms with van der Waals surface area (Å²) in [5, 5.41) is 10.7. The second-order valence-electron chi connectivity index (χ2n) is 3.47. The second kappa shape index (κ2) is 4.44. The van der Waals surface area contributed by atoms with Gasteiger partial charge in [-0.25, -0.2) is 4.39 Å². The lowest BCUT2D eigenvalue weighted by Crippen LogP contribution is -2.16. The lowest BCUT2D eigenvalue weighted by molar-refractivity contribution is -0.386. The van der Waals surface area contributed by atoms with Crippen LogP contribution in [0.15, 0.2) is 18.2 Å². The third-order valence-electron chi connectivity index (χ3n) is 2.30. The van der Waals surface area contributed by atoms with Gasteiger partial charge >= 0.3 is 5.69 Å². The first-order chi connectivity index (χ1) is 7.66. The maximum Gasteiger partial charge on any atom is 0.313 e. The van der Waals surface area contributed by atoms with E-state index in [1.54, 1.807) is 0 Å². The van der Waals surface area contributed by atoms with Gasteiger partial charge < -0.3 is 9.47 Å². The Balaban J connectivity index is 2.21. The predicted molar refractivity (Wildman–Crippen MR) is 52.9 cm³/mol. The van der Waals surface area contributed by atoms with Crippen molar-refractivity contribution in [3.05, 3.63) is 34.1 Å². The largest absolute Gasteiger partial charge is 0.481 e. The number of benzene rings is 1. The van der Waals surface area contributed by atoms with Crippen LogP contribution < -0.4 is 4.74 Å². The third-order valence-corrected chi connectivity index (χ3v) is 2.30. The molecule has 86 valence electrons. The molecule has 0 radical (unpaired) electrons. The molecule has 0 amide bonds. The molecule has 0 spiro atoms. The van der Waals surface area contributed by atoms with Crippen LogP contribution in [-0.2, 0) is 4.74 Å². The number of rotatable bonds is 3. The summed E-state index contributed by atoms with van der Waals surface area (Å²) in [6, 6.07) is 3.26. The fourth-order valence-electron chi connectivity index (χ4n) is 1.52. The van der Waals surface area contributed by atoms with Crippen molar-refractivity contribution >= 4 is 5.69 Å². The first-order valence-electron chi connectivity index (χ1n) is 4.85. The van der Waals surface area contributed by atoms with E-state index < -0.39 is 10.7 Å². The normalized spacial score (nSPS) is 19.7. The Morgan fingerprint density at radius 2 is 2.38 bits per heavy atom. The van der Waals surface area contributed by atoms with Crippen molar-refractivity contribution in [2.75, 3.05) is 13.2 Å². The van der Waals surface area contributed by atoms with Crippen molar-refractivity contribution < 1.29 is 18.8 Å². The summed E-state index contributed by atoms with van der Waals surface area (Å²) in [6.07, 6.45) is 0.498. The Morgan fingerprint density at radius 3 is 3.00 bits per heavy atom. The maximum atomic E-state index is 12.8. The van der Waals surface area contributed by atoms with Crippen LogP contribution in [0.3, 0.4) is 0 Å². The van der Waals surface area contributed by atoms with E-state index in [4.69, 9.17) is 9.47 Å². The minimum Gasteiger partial charge on any atom is -0.481 e. The zero-order valence-electron chi connectivity index (χ0n) is 8.39. The quantitative estimate of drug-likeness (QED) is 0.584. The topological polar surface area (TPSA) is 61.6 Å². The summed E-state index contributed by atoms with van der Waals surface area (Å²) in [5.41, 5.74) is -0.355. The molecule has 0 aliphatic carbocycles. The highest BCUT2D eigenvalue weighted by molar-refractivity contribution is 5.46. The second-order valence-corrected chi connectivity index (χ2v) is 3.47. The third kappa shape index (κ3) is 2.27. The molecule has 0 aromatic heterocycles. The van der Waals surface area contributed by atoms with E-state index in [9.17, 15) is 14.5 Å². The van der Waals surface area contributed by atoms with E-state index in [2.05, 4.69) is 0 Å². The molecular formula is C10H10FNO4. The number of hydrogen-bond donors (Lipinski definition) is 0. The van der Waals surface area contributed by atoms with E-state index in [1.165, 1.54) is 6.07 Å². The molecule has 1 aromatic rings. The van der Waals surface area contributed by atoms with Crippen LogP contribution in [0.25, 0.3) is 0 Å². The smallest absolute Gasteiger partial charge is 0.313 e. The van der Waals surface area contributed by atoms with E-state index >= 15 is 0 Å². The minimum absolute atomic E-state index is 0.0851. The van der Waals surface area contributed by atoms with Gasteiger partial charge in [0.15, 0.2) is 5.75 Å². The highest BCUT2D eigenvalue weighted by Gasteiger charge is 2.22. The van der Waals surface area contributed by atoms with Crippen LogP contribution in [0.4, 0.5) is 10.1 Å². The van der Waals surface area contributed by atoms with Gasteiger partial charge in [-0.1, -0.05) is 0 Å². The number of halogens is 1. The number of hydrogen-bond acceptors (Lipinski definition) is 4. The maximum absolute atomic E-state index is 12.8. The van der Waals surface area contributed by atoms with E-state index in [1.807, 2.05) is 0 Å². The highest BCUT2D eigenvalue weighted by atomic mass is 19.1. The summed E-state index contributed by atoms with van der Waals surface area (Å²) < 4.78 is 23.3. The molecule has 0 unspecified atom stereocenters. The van der Waals surface area contributed by atoms with Crippen molar-refractivity contribution in [3.8, 4) is 5.75 Å². The van der Waals surface area contributed by atoms with Gasteiger partial charge in [0.1, 0.15) is 11.9 Å². The Bertz CT molecular complexity index is 404. The first-order valence-corrected chi connectivity index (χ1v) is 4.85. The molecule has 0 bridgehead atoms. The number of nitro benzene ring substituents is 1. The first kappa shape index (κ1) is 10.8. The number of nitrogens with zero attached hydrogens (tertiary/aromatic N) is 1. The zero-order chi connectivity index (χ0) is 11.5. The fraction of sp³-hybridized carbons (Fsp3) is 0.400. The van der Waals surface area contributed by atoms with Gasteiger partial charge in [0.05, 0.1) is 24.2 Å². The van der Waals surface area contributed by atoms with Crippen molar-refractivity contribution in [2.24, 2.45) is 0 Å². The minimum atomic E-state index is -0.659. The van der Waals surface area contributed by atoms with E-state index in [-0.39, 0.29) is 17.5 Å². The average Bonchev–Trinajstić information content (AvgIpc) is 2.73. The Morgan fingerprint density at radius 1 is 1.56 bits per heavy atom. The molecule has 0 N–H and O–H groups in total. The molecule has 1 heterocycles. The molecule has 1 aliphatic heterocycles. The molecule has 6 heteroatoms. The van der Waals surface area contributed by atoms with Crippen LogP contribution in [0, 0.1) is 15.9 Å². The average molecular weight is 227 g/mol. The van der Waals surface area contributed by atoms with Gasteiger partial charge in [0.2, 0.25) is 0 Å². The lowest BCUT2D eigenvalue weighted by atomic mass is 10.2. The monoisotopic (exact) mass is 227 g/mol. The zero-order valence-corrected chi connectivity index (χ0v) is 8.39. The predicted octanol–water partition coefficient (Wildman–Crippen LogP) is 1.90. The molecule has 1 atom stereocenters. The standard InChI is InChI=1S/C10H10FNO4/c11-7-1-2-10(9(5-7)12(13)14)16-8-3-4-15-6-8/h1-2,5,8H,3-4,6H2/t8-/m1/s1. The Kier molecular flexibility index (Phi) is 3.00. The summed E-state index contributed by atoms with van der Waals surface area (Å²) >= 11 is 0. The van der Waals surface area contributed by atoms with Gasteiger partial charge in [-0.15, -0.1) is 0 Å². The van der Waals surface area contributed by atoms with Crippen LogP contribution in [0.2, 0.25) is 0 Å². The van der Waals surface area contributed by atoms with Crippen molar-refractivity contribution in [1.82, 2.24) is 0 Å². The van der Waals surface area contributed by atoms with Gasteiger partial charge in [0.25, 0.3) is 0 Å². The number of nitro groups is 1. The molecule has 5 nitrogen and oxygen atoms in total. The summed E-state index contributed by atoms with van der Waals surface area (Å²) in [5.74, 6) is -0.566. The van der Waals surface area contributed by atoms with Crippen molar-refractivity contribution in [1.29, 1.82) is 0 Å². The molecule has 2 rings (SSSR count). The van der Waals surface area contributed by atoms with Crippen LogP contribution in [0.1, 0.15) is 6.42 Å².